The molecule has 106 valence electrons. The van der Waals surface area contributed by atoms with Gasteiger partial charge in [-0.05, 0) is 47.9 Å². The van der Waals surface area contributed by atoms with Crippen molar-refractivity contribution in [3.05, 3.63) is 63.1 Å². The Bertz CT molecular complexity index is 586. The second kappa shape index (κ2) is 7.35. The third-order valence-electron chi connectivity index (χ3n) is 3.23. The van der Waals surface area contributed by atoms with E-state index in [1.165, 1.54) is 5.56 Å². The van der Waals surface area contributed by atoms with Crippen LogP contribution in [0.1, 0.15) is 17.0 Å². The predicted octanol–water partition coefficient (Wildman–Crippen LogP) is 5.68. The second-order valence-electron chi connectivity index (χ2n) is 4.57. The van der Waals surface area contributed by atoms with E-state index in [1.807, 2.05) is 36.4 Å². The van der Waals surface area contributed by atoms with Gasteiger partial charge in [0.25, 0.3) is 0 Å². The molecule has 1 nitrogen and oxygen atoms in total. The minimum absolute atomic E-state index is 0.221. The first-order chi connectivity index (χ1) is 9.63. The molecule has 0 N–H and O–H groups in total. The van der Waals surface area contributed by atoms with Gasteiger partial charge in [0.1, 0.15) is 5.75 Å². The van der Waals surface area contributed by atoms with Crippen molar-refractivity contribution in [3.63, 3.8) is 0 Å². The van der Waals surface area contributed by atoms with Crippen LogP contribution < -0.4 is 4.74 Å². The van der Waals surface area contributed by atoms with Gasteiger partial charge in [0.2, 0.25) is 0 Å². The summed E-state index contributed by atoms with van der Waals surface area (Å²) in [7, 11) is 1.67. The molecule has 0 radical (unpaired) electrons. The van der Waals surface area contributed by atoms with Crippen LogP contribution >= 0.6 is 39.1 Å². The highest BCUT2D eigenvalue weighted by atomic mass is 79.9. The molecule has 4 heteroatoms. The summed E-state index contributed by atoms with van der Waals surface area (Å²) in [5, 5.41) is 0.738. The fraction of sp³-hybridized carbons (Fsp3) is 0.250. The molecule has 0 fully saturated rings. The van der Waals surface area contributed by atoms with Crippen LogP contribution in [0.4, 0.5) is 0 Å². The molecule has 2 aromatic carbocycles. The van der Waals surface area contributed by atoms with Crippen LogP contribution in [0.3, 0.4) is 0 Å². The normalized spacial score (nSPS) is 12.2. The number of hydrogen-bond acceptors (Lipinski definition) is 1. The van der Waals surface area contributed by atoms with E-state index in [4.69, 9.17) is 27.9 Å². The molecule has 0 heterocycles. The molecule has 0 saturated carbocycles. The summed E-state index contributed by atoms with van der Waals surface area (Å²) < 4.78 is 6.34. The van der Waals surface area contributed by atoms with Gasteiger partial charge in [0.05, 0.1) is 7.11 Å². The fourth-order valence-corrected chi connectivity index (χ4v) is 3.02. The zero-order valence-corrected chi connectivity index (χ0v) is 14.2. The van der Waals surface area contributed by atoms with Crippen molar-refractivity contribution in [1.82, 2.24) is 0 Å². The van der Waals surface area contributed by atoms with Crippen molar-refractivity contribution >= 4 is 39.1 Å². The summed E-state index contributed by atoms with van der Waals surface area (Å²) in [4.78, 5) is 0. The monoisotopic (exact) mass is 372 g/mol. The molecule has 1 atom stereocenters. The predicted molar refractivity (Wildman–Crippen MR) is 89.3 cm³/mol. The van der Waals surface area contributed by atoms with Crippen LogP contribution in [0.25, 0.3) is 0 Å². The summed E-state index contributed by atoms with van der Waals surface area (Å²) >= 11 is 15.8. The minimum atomic E-state index is 0.221. The topological polar surface area (TPSA) is 9.23 Å². The van der Waals surface area contributed by atoms with Crippen LogP contribution in [-0.4, -0.2) is 13.0 Å². The lowest BCUT2D eigenvalue weighted by atomic mass is 9.93. The number of benzene rings is 2. The molecule has 0 aliphatic rings. The lowest BCUT2D eigenvalue weighted by Crippen LogP contribution is -2.05. The Hall–Kier alpha value is -0.700. The largest absolute Gasteiger partial charge is 0.497 e. The first kappa shape index (κ1) is 15.7. The van der Waals surface area contributed by atoms with Crippen LogP contribution in [0.2, 0.25) is 5.02 Å². The summed E-state index contributed by atoms with van der Waals surface area (Å²) in [6, 6.07) is 13.8. The second-order valence-corrected chi connectivity index (χ2v) is 6.17. The van der Waals surface area contributed by atoms with E-state index in [1.54, 1.807) is 7.11 Å². The maximum atomic E-state index is 6.14. The Morgan fingerprint density at radius 2 is 2.00 bits per heavy atom. The molecule has 2 aromatic rings. The van der Waals surface area contributed by atoms with E-state index in [-0.39, 0.29) is 5.92 Å². The van der Waals surface area contributed by atoms with E-state index < -0.39 is 0 Å². The number of methoxy groups -OCH3 is 1. The van der Waals surface area contributed by atoms with Gasteiger partial charge in [-0.2, -0.15) is 0 Å². The van der Waals surface area contributed by atoms with E-state index >= 15 is 0 Å². The van der Waals surface area contributed by atoms with Gasteiger partial charge in [-0.15, -0.1) is 11.6 Å². The molecular formula is C16H15BrCl2O. The number of ether oxygens (including phenoxy) is 1. The summed E-state index contributed by atoms with van der Waals surface area (Å²) in [5.41, 5.74) is 2.33. The maximum Gasteiger partial charge on any atom is 0.119 e. The summed E-state index contributed by atoms with van der Waals surface area (Å²) in [6.45, 7) is 0. The van der Waals surface area contributed by atoms with E-state index in [9.17, 15) is 0 Å². The van der Waals surface area contributed by atoms with Gasteiger partial charge in [-0.3, -0.25) is 0 Å². The third-order valence-corrected chi connectivity index (χ3v) is 4.61. The van der Waals surface area contributed by atoms with Crippen molar-refractivity contribution in [2.45, 2.75) is 12.3 Å². The quantitative estimate of drug-likeness (QED) is 0.613. The van der Waals surface area contributed by atoms with Crippen molar-refractivity contribution in [1.29, 1.82) is 0 Å². The van der Waals surface area contributed by atoms with Crippen LogP contribution in [0, 0.1) is 0 Å². The number of rotatable bonds is 5. The summed E-state index contributed by atoms with van der Waals surface area (Å²) in [6.07, 6.45) is 0.835. The van der Waals surface area contributed by atoms with Crippen molar-refractivity contribution in [3.8, 4) is 5.75 Å². The Kier molecular flexibility index (Phi) is 5.76. The number of halogens is 3. The molecule has 0 aliphatic heterocycles. The Balaban J connectivity index is 2.26. The van der Waals surface area contributed by atoms with Crippen molar-refractivity contribution in [2.75, 3.05) is 13.0 Å². The van der Waals surface area contributed by atoms with E-state index in [2.05, 4.69) is 22.0 Å². The Morgan fingerprint density at radius 3 is 2.65 bits per heavy atom. The molecule has 0 amide bonds. The van der Waals surface area contributed by atoms with E-state index in [0.717, 1.165) is 27.2 Å². The number of hydrogen-bond donors (Lipinski definition) is 0. The highest BCUT2D eigenvalue weighted by Gasteiger charge is 2.14. The van der Waals surface area contributed by atoms with Crippen LogP contribution in [0.5, 0.6) is 5.75 Å². The van der Waals surface area contributed by atoms with Gasteiger partial charge in [0.15, 0.2) is 0 Å². The van der Waals surface area contributed by atoms with Gasteiger partial charge in [-0.1, -0.05) is 39.7 Å². The van der Waals surface area contributed by atoms with E-state index in [0.29, 0.717) is 5.88 Å². The summed E-state index contributed by atoms with van der Waals surface area (Å²) in [5.74, 6) is 1.62. The van der Waals surface area contributed by atoms with Crippen LogP contribution in [-0.2, 0) is 6.42 Å². The average Bonchev–Trinajstić information content (AvgIpc) is 2.46. The molecule has 1 unspecified atom stereocenters. The van der Waals surface area contributed by atoms with Gasteiger partial charge < -0.3 is 4.74 Å². The average molecular weight is 374 g/mol. The number of alkyl halides is 1. The molecule has 0 bridgehead atoms. The van der Waals surface area contributed by atoms with Crippen molar-refractivity contribution < 1.29 is 4.74 Å². The van der Waals surface area contributed by atoms with Crippen LogP contribution in [0.15, 0.2) is 46.9 Å². The lowest BCUT2D eigenvalue weighted by Gasteiger charge is -2.16. The molecule has 0 aliphatic carbocycles. The van der Waals surface area contributed by atoms with Gasteiger partial charge in [-0.25, -0.2) is 0 Å². The molecule has 20 heavy (non-hydrogen) atoms. The molecule has 0 saturated heterocycles. The Morgan fingerprint density at radius 1 is 1.20 bits per heavy atom. The molecular weight excluding hydrogens is 359 g/mol. The zero-order valence-electron chi connectivity index (χ0n) is 11.1. The van der Waals surface area contributed by atoms with Crippen molar-refractivity contribution in [2.24, 2.45) is 0 Å². The lowest BCUT2D eigenvalue weighted by molar-refractivity contribution is 0.414. The highest BCUT2D eigenvalue weighted by Crippen LogP contribution is 2.30. The zero-order chi connectivity index (χ0) is 14.5. The SMILES string of the molecule is COc1ccc(Br)c(CC(CCl)c2cccc(Cl)c2)c1. The standard InChI is InChI=1S/C16H15BrCl2O/c1-20-15-5-6-16(17)12(9-15)7-13(10-18)11-3-2-4-14(19)8-11/h2-6,8-9,13H,7,10H2,1H3. The minimum Gasteiger partial charge on any atom is -0.497 e. The molecule has 2 rings (SSSR count). The third kappa shape index (κ3) is 3.91. The maximum absolute atomic E-state index is 6.14. The first-order valence-electron chi connectivity index (χ1n) is 6.28. The highest BCUT2D eigenvalue weighted by molar-refractivity contribution is 9.10. The Labute approximate surface area is 138 Å². The molecule has 0 aromatic heterocycles. The smallest absolute Gasteiger partial charge is 0.119 e. The fourth-order valence-electron chi connectivity index (χ4n) is 2.12. The first-order valence-corrected chi connectivity index (χ1v) is 7.98. The van der Waals surface area contributed by atoms with Gasteiger partial charge >= 0.3 is 0 Å². The molecule has 0 spiro atoms. The van der Waals surface area contributed by atoms with Gasteiger partial charge in [0, 0.05) is 21.3 Å².